The Morgan fingerprint density at radius 3 is 2.04 bits per heavy atom. The minimum atomic E-state index is -3.66. The minimum absolute atomic E-state index is 0.0785. The molecule has 0 atom stereocenters. The first kappa shape index (κ1) is 19.2. The van der Waals surface area contributed by atoms with Gasteiger partial charge in [0.25, 0.3) is 10.0 Å². The Bertz CT molecular complexity index is 844. The third kappa shape index (κ3) is 4.92. The van der Waals surface area contributed by atoms with Gasteiger partial charge in [0.1, 0.15) is 0 Å². The molecule has 0 aliphatic carbocycles. The lowest BCUT2D eigenvalue weighted by Crippen LogP contribution is -2.20. The van der Waals surface area contributed by atoms with Gasteiger partial charge in [-0.05, 0) is 42.0 Å². The zero-order chi connectivity index (χ0) is 18.7. The number of benzene rings is 2. The Hall–Kier alpha value is -2.14. The van der Waals surface area contributed by atoms with Crippen LogP contribution < -0.4 is 4.83 Å². The monoisotopic (exact) mass is 358 g/mol. The number of aryl methyl sites for hydroxylation is 1. The summed E-state index contributed by atoms with van der Waals surface area (Å²) < 4.78 is 24.7. The van der Waals surface area contributed by atoms with Crippen molar-refractivity contribution in [1.29, 1.82) is 0 Å². The van der Waals surface area contributed by atoms with Crippen molar-refractivity contribution < 1.29 is 8.42 Å². The summed E-state index contributed by atoms with van der Waals surface area (Å²) in [6, 6.07) is 14.8. The van der Waals surface area contributed by atoms with Gasteiger partial charge in [0.05, 0.1) is 10.6 Å². The molecule has 0 aliphatic heterocycles. The van der Waals surface area contributed by atoms with E-state index in [1.54, 1.807) is 24.3 Å². The van der Waals surface area contributed by atoms with Crippen LogP contribution in [-0.2, 0) is 15.4 Å². The van der Waals surface area contributed by atoms with Gasteiger partial charge in [-0.1, -0.05) is 69.7 Å². The average molecular weight is 359 g/mol. The van der Waals surface area contributed by atoms with E-state index in [1.165, 1.54) is 5.56 Å². The van der Waals surface area contributed by atoms with Crippen molar-refractivity contribution in [3.05, 3.63) is 65.2 Å². The molecule has 0 radical (unpaired) electrons. The van der Waals surface area contributed by atoms with Crippen molar-refractivity contribution >= 4 is 15.7 Å². The van der Waals surface area contributed by atoms with E-state index in [0.717, 1.165) is 11.1 Å². The number of rotatable bonds is 5. The maximum atomic E-state index is 12.4. The van der Waals surface area contributed by atoms with E-state index in [4.69, 9.17) is 0 Å². The molecule has 2 rings (SSSR count). The van der Waals surface area contributed by atoms with Crippen LogP contribution in [0.3, 0.4) is 0 Å². The van der Waals surface area contributed by atoms with E-state index in [-0.39, 0.29) is 10.3 Å². The van der Waals surface area contributed by atoms with E-state index < -0.39 is 10.0 Å². The Labute approximate surface area is 151 Å². The molecule has 2 aromatic carbocycles. The van der Waals surface area contributed by atoms with Gasteiger partial charge in [-0.25, -0.2) is 0 Å². The number of hydrogen-bond donors (Lipinski definition) is 1. The second kappa shape index (κ2) is 7.40. The topological polar surface area (TPSA) is 58.5 Å². The van der Waals surface area contributed by atoms with Crippen LogP contribution in [0.2, 0.25) is 0 Å². The van der Waals surface area contributed by atoms with Crippen LogP contribution in [0.15, 0.2) is 58.5 Å². The van der Waals surface area contributed by atoms with Crippen molar-refractivity contribution in [2.75, 3.05) is 0 Å². The molecule has 134 valence electrons. The fraction of sp³-hybridized carbons (Fsp3) is 0.350. The third-order valence-electron chi connectivity index (χ3n) is 4.05. The lowest BCUT2D eigenvalue weighted by Gasteiger charge is -2.19. The molecule has 25 heavy (non-hydrogen) atoms. The molecule has 0 aromatic heterocycles. The van der Waals surface area contributed by atoms with Crippen molar-refractivity contribution in [3.63, 3.8) is 0 Å². The number of sulfonamides is 1. The van der Waals surface area contributed by atoms with Gasteiger partial charge >= 0.3 is 0 Å². The van der Waals surface area contributed by atoms with Gasteiger partial charge in [0.15, 0.2) is 0 Å². The molecule has 0 amide bonds. The Morgan fingerprint density at radius 2 is 1.56 bits per heavy atom. The third-order valence-corrected chi connectivity index (χ3v) is 5.28. The summed E-state index contributed by atoms with van der Waals surface area (Å²) >= 11 is 0. The molecule has 0 bridgehead atoms. The molecular formula is C20H26N2O2S. The Balaban J connectivity index is 2.24. The number of hydrogen-bond acceptors (Lipinski definition) is 3. The largest absolute Gasteiger partial charge is 0.276 e. The van der Waals surface area contributed by atoms with Gasteiger partial charge in [-0.15, -0.1) is 0 Å². The normalized spacial score (nSPS) is 12.9. The van der Waals surface area contributed by atoms with Gasteiger partial charge in [-0.3, -0.25) is 0 Å². The molecular weight excluding hydrogens is 332 g/mol. The summed E-state index contributed by atoms with van der Waals surface area (Å²) in [7, 11) is -3.66. The molecule has 0 saturated heterocycles. The number of nitrogens with one attached hydrogen (secondary N) is 1. The van der Waals surface area contributed by atoms with E-state index in [0.29, 0.717) is 12.1 Å². The summed E-state index contributed by atoms with van der Waals surface area (Å²) in [5.41, 5.74) is 3.94. The van der Waals surface area contributed by atoms with Gasteiger partial charge in [0.2, 0.25) is 0 Å². The fourth-order valence-electron chi connectivity index (χ4n) is 2.40. The molecule has 0 fully saturated rings. The molecule has 1 N–H and O–H groups in total. The van der Waals surface area contributed by atoms with Crippen LogP contribution >= 0.6 is 0 Å². The predicted octanol–water partition coefficient (Wildman–Crippen LogP) is 4.39. The van der Waals surface area contributed by atoms with Crippen LogP contribution in [0.4, 0.5) is 0 Å². The Kier molecular flexibility index (Phi) is 5.68. The summed E-state index contributed by atoms with van der Waals surface area (Å²) in [5, 5.41) is 4.15. The van der Waals surface area contributed by atoms with Crippen LogP contribution in [0, 0.1) is 6.92 Å². The van der Waals surface area contributed by atoms with Gasteiger partial charge < -0.3 is 0 Å². The van der Waals surface area contributed by atoms with Crippen LogP contribution in [-0.4, -0.2) is 14.1 Å². The van der Waals surface area contributed by atoms with E-state index >= 15 is 0 Å². The zero-order valence-corrected chi connectivity index (χ0v) is 16.3. The maximum absolute atomic E-state index is 12.4. The highest BCUT2D eigenvalue weighted by atomic mass is 32.2. The van der Waals surface area contributed by atoms with E-state index in [2.05, 4.69) is 42.8 Å². The molecule has 4 nitrogen and oxygen atoms in total. The highest BCUT2D eigenvalue weighted by molar-refractivity contribution is 7.89. The van der Waals surface area contributed by atoms with Gasteiger partial charge in [0, 0.05) is 0 Å². The quantitative estimate of drug-likeness (QED) is 0.637. The van der Waals surface area contributed by atoms with Crippen molar-refractivity contribution in [1.82, 2.24) is 4.83 Å². The fourth-order valence-corrected chi connectivity index (χ4v) is 3.23. The van der Waals surface area contributed by atoms with Crippen LogP contribution in [0.5, 0.6) is 0 Å². The molecule has 0 unspecified atom stereocenters. The molecule has 0 aliphatic rings. The van der Waals surface area contributed by atoms with E-state index in [9.17, 15) is 8.42 Å². The average Bonchev–Trinajstić information content (AvgIpc) is 2.55. The summed E-state index contributed by atoms with van der Waals surface area (Å²) in [4.78, 5) is 2.56. The lowest BCUT2D eigenvalue weighted by molar-refractivity contribution is 0.584. The molecule has 2 aromatic rings. The van der Waals surface area contributed by atoms with Crippen LogP contribution in [0.1, 0.15) is 50.8 Å². The SMILES string of the molecule is CC/C(=N\NS(=O)(=O)c1ccc(C)cc1)c1ccc(C(C)(C)C)cc1. The maximum Gasteiger partial charge on any atom is 0.276 e. The van der Waals surface area contributed by atoms with Crippen molar-refractivity contribution in [2.24, 2.45) is 5.10 Å². The standard InChI is InChI=1S/C20H26N2O2S/c1-6-19(16-9-11-17(12-10-16)20(3,4)5)21-22-25(23,24)18-13-7-15(2)8-14-18/h7-14,22H,6H2,1-5H3/b21-19+. The second-order valence-corrected chi connectivity index (χ2v) is 8.81. The molecule has 0 spiro atoms. The predicted molar refractivity (Wildman–Crippen MR) is 103 cm³/mol. The minimum Gasteiger partial charge on any atom is -0.200 e. The molecule has 0 saturated carbocycles. The first-order valence-corrected chi connectivity index (χ1v) is 9.88. The summed E-state index contributed by atoms with van der Waals surface area (Å²) in [5.74, 6) is 0. The van der Waals surface area contributed by atoms with Crippen molar-refractivity contribution in [2.45, 2.75) is 51.3 Å². The second-order valence-electron chi connectivity index (χ2n) is 7.15. The first-order chi connectivity index (χ1) is 11.6. The highest BCUT2D eigenvalue weighted by Crippen LogP contribution is 2.22. The number of nitrogens with zero attached hydrogens (tertiary/aromatic N) is 1. The van der Waals surface area contributed by atoms with Crippen LogP contribution in [0.25, 0.3) is 0 Å². The highest BCUT2D eigenvalue weighted by Gasteiger charge is 2.15. The number of hydrazone groups is 1. The first-order valence-electron chi connectivity index (χ1n) is 8.39. The lowest BCUT2D eigenvalue weighted by atomic mass is 9.86. The summed E-state index contributed by atoms with van der Waals surface area (Å²) in [6.07, 6.45) is 0.630. The molecule has 0 heterocycles. The molecule has 5 heteroatoms. The van der Waals surface area contributed by atoms with E-state index in [1.807, 2.05) is 26.0 Å². The zero-order valence-electron chi connectivity index (χ0n) is 15.5. The van der Waals surface area contributed by atoms with Crippen molar-refractivity contribution in [3.8, 4) is 0 Å². The smallest absolute Gasteiger partial charge is 0.200 e. The Morgan fingerprint density at radius 1 is 1.00 bits per heavy atom. The van der Waals surface area contributed by atoms with Gasteiger partial charge in [-0.2, -0.15) is 18.4 Å². The summed E-state index contributed by atoms with van der Waals surface area (Å²) in [6.45, 7) is 10.3.